The van der Waals surface area contributed by atoms with E-state index in [2.05, 4.69) is 31.0 Å². The average molecular weight is 246 g/mol. The third kappa shape index (κ3) is 3.26. The predicted molar refractivity (Wildman–Crippen MR) is 78.4 cm³/mol. The standard InChI is InChI=1S/C16H26N2/c1-3-13-7-6-9-15(11-13)18(2)12-14-8-4-5-10-16(14)17/h4-5,8,10,13,15H,3,6-7,9,11-12,17H2,1-2H3. The van der Waals surface area contributed by atoms with Crippen molar-refractivity contribution in [2.45, 2.75) is 51.6 Å². The largest absolute Gasteiger partial charge is 0.398 e. The molecule has 0 saturated heterocycles. The zero-order chi connectivity index (χ0) is 13.0. The van der Waals surface area contributed by atoms with Crippen LogP contribution in [0.4, 0.5) is 5.69 Å². The van der Waals surface area contributed by atoms with Crippen molar-refractivity contribution in [2.75, 3.05) is 12.8 Å². The number of nitrogens with zero attached hydrogens (tertiary/aromatic N) is 1. The summed E-state index contributed by atoms with van der Waals surface area (Å²) in [5, 5.41) is 0. The Bertz CT molecular complexity index is 375. The summed E-state index contributed by atoms with van der Waals surface area (Å²) in [6, 6.07) is 8.97. The molecule has 2 heteroatoms. The monoisotopic (exact) mass is 246 g/mol. The zero-order valence-corrected chi connectivity index (χ0v) is 11.7. The molecule has 1 saturated carbocycles. The van der Waals surface area contributed by atoms with Gasteiger partial charge in [-0.25, -0.2) is 0 Å². The highest BCUT2D eigenvalue weighted by atomic mass is 15.1. The Hall–Kier alpha value is -1.02. The SMILES string of the molecule is CCC1CCCC(N(C)Cc2ccccc2N)C1. The molecule has 18 heavy (non-hydrogen) atoms. The Morgan fingerprint density at radius 3 is 2.78 bits per heavy atom. The summed E-state index contributed by atoms with van der Waals surface area (Å²) in [6.45, 7) is 3.30. The molecule has 1 aromatic carbocycles. The minimum Gasteiger partial charge on any atom is -0.398 e. The fraction of sp³-hybridized carbons (Fsp3) is 0.625. The van der Waals surface area contributed by atoms with Crippen LogP contribution in [0, 0.1) is 5.92 Å². The molecular weight excluding hydrogens is 220 g/mol. The van der Waals surface area contributed by atoms with Gasteiger partial charge in [0.05, 0.1) is 0 Å². The second-order valence-electron chi connectivity index (χ2n) is 5.71. The summed E-state index contributed by atoms with van der Waals surface area (Å²) < 4.78 is 0. The second-order valence-corrected chi connectivity index (χ2v) is 5.71. The fourth-order valence-corrected chi connectivity index (χ4v) is 3.11. The highest BCUT2D eigenvalue weighted by molar-refractivity contribution is 5.46. The van der Waals surface area contributed by atoms with Crippen LogP contribution in [0.25, 0.3) is 0 Å². The lowest BCUT2D eigenvalue weighted by Crippen LogP contribution is -2.35. The zero-order valence-electron chi connectivity index (χ0n) is 11.7. The van der Waals surface area contributed by atoms with E-state index < -0.39 is 0 Å². The molecule has 0 radical (unpaired) electrons. The van der Waals surface area contributed by atoms with Crippen LogP contribution in [0.3, 0.4) is 0 Å². The molecule has 0 heterocycles. The van der Waals surface area contributed by atoms with Gasteiger partial charge in [0.2, 0.25) is 0 Å². The van der Waals surface area contributed by atoms with Gasteiger partial charge in [0, 0.05) is 18.3 Å². The van der Waals surface area contributed by atoms with Gasteiger partial charge in [0.25, 0.3) is 0 Å². The Balaban J connectivity index is 1.95. The van der Waals surface area contributed by atoms with Crippen LogP contribution in [-0.4, -0.2) is 18.0 Å². The Morgan fingerprint density at radius 2 is 2.06 bits per heavy atom. The number of anilines is 1. The van der Waals surface area contributed by atoms with E-state index in [-0.39, 0.29) is 0 Å². The molecule has 0 spiro atoms. The molecular formula is C16H26N2. The van der Waals surface area contributed by atoms with Crippen molar-refractivity contribution in [3.8, 4) is 0 Å². The van der Waals surface area contributed by atoms with E-state index >= 15 is 0 Å². The van der Waals surface area contributed by atoms with E-state index in [9.17, 15) is 0 Å². The van der Waals surface area contributed by atoms with Gasteiger partial charge in [-0.3, -0.25) is 4.90 Å². The van der Waals surface area contributed by atoms with Gasteiger partial charge < -0.3 is 5.73 Å². The van der Waals surface area contributed by atoms with Crippen LogP contribution < -0.4 is 5.73 Å². The molecule has 1 aliphatic carbocycles. The highest BCUT2D eigenvalue weighted by Crippen LogP contribution is 2.30. The summed E-state index contributed by atoms with van der Waals surface area (Å²) in [5.41, 5.74) is 8.21. The molecule has 0 bridgehead atoms. The van der Waals surface area contributed by atoms with Gasteiger partial charge >= 0.3 is 0 Å². The summed E-state index contributed by atoms with van der Waals surface area (Å²) in [4.78, 5) is 2.49. The van der Waals surface area contributed by atoms with Crippen molar-refractivity contribution >= 4 is 5.69 Å². The first-order valence-corrected chi connectivity index (χ1v) is 7.24. The minimum atomic E-state index is 0.739. The lowest BCUT2D eigenvalue weighted by molar-refractivity contribution is 0.150. The molecule has 100 valence electrons. The molecule has 2 atom stereocenters. The van der Waals surface area contributed by atoms with Crippen molar-refractivity contribution in [3.63, 3.8) is 0 Å². The third-order valence-corrected chi connectivity index (χ3v) is 4.43. The van der Waals surface area contributed by atoms with Crippen molar-refractivity contribution in [2.24, 2.45) is 5.92 Å². The summed E-state index contributed by atoms with van der Waals surface area (Å²) >= 11 is 0. The molecule has 1 aromatic rings. The van der Waals surface area contributed by atoms with Crippen LogP contribution in [0.5, 0.6) is 0 Å². The molecule has 0 aromatic heterocycles. The molecule has 2 nitrogen and oxygen atoms in total. The van der Waals surface area contributed by atoms with Crippen LogP contribution in [0.15, 0.2) is 24.3 Å². The first-order valence-electron chi connectivity index (χ1n) is 7.24. The van der Waals surface area contributed by atoms with Crippen molar-refractivity contribution < 1.29 is 0 Å². The normalized spacial score (nSPS) is 24.4. The predicted octanol–water partition coefficient (Wildman–Crippen LogP) is 3.67. The van der Waals surface area contributed by atoms with E-state index in [4.69, 9.17) is 5.73 Å². The summed E-state index contributed by atoms with van der Waals surface area (Å²) in [5.74, 6) is 0.930. The molecule has 1 aliphatic rings. The Kier molecular flexibility index (Phi) is 4.65. The third-order valence-electron chi connectivity index (χ3n) is 4.43. The molecule has 2 unspecified atom stereocenters. The van der Waals surface area contributed by atoms with Gasteiger partial charge in [-0.2, -0.15) is 0 Å². The van der Waals surface area contributed by atoms with E-state index in [1.54, 1.807) is 0 Å². The highest BCUT2D eigenvalue weighted by Gasteiger charge is 2.23. The fourth-order valence-electron chi connectivity index (χ4n) is 3.11. The number of hydrogen-bond acceptors (Lipinski definition) is 2. The maximum absolute atomic E-state index is 6.03. The van der Waals surface area contributed by atoms with Crippen molar-refractivity contribution in [1.82, 2.24) is 4.90 Å². The van der Waals surface area contributed by atoms with Crippen molar-refractivity contribution in [3.05, 3.63) is 29.8 Å². The van der Waals surface area contributed by atoms with Gasteiger partial charge in [-0.05, 0) is 37.4 Å². The number of nitrogen functional groups attached to an aromatic ring is 1. The smallest absolute Gasteiger partial charge is 0.0359 e. The number of hydrogen-bond donors (Lipinski definition) is 1. The van der Waals surface area contributed by atoms with Crippen LogP contribution in [0.1, 0.15) is 44.6 Å². The van der Waals surface area contributed by atoms with Gasteiger partial charge in [-0.1, -0.05) is 44.4 Å². The Morgan fingerprint density at radius 1 is 1.28 bits per heavy atom. The topological polar surface area (TPSA) is 29.3 Å². The molecule has 0 amide bonds. The maximum atomic E-state index is 6.03. The average Bonchev–Trinajstić information content (AvgIpc) is 2.41. The summed E-state index contributed by atoms with van der Waals surface area (Å²) in [7, 11) is 2.25. The number of para-hydroxylation sites is 1. The number of nitrogens with two attached hydrogens (primary N) is 1. The van der Waals surface area contributed by atoms with E-state index in [1.165, 1.54) is 37.7 Å². The first kappa shape index (κ1) is 13.4. The minimum absolute atomic E-state index is 0.739. The molecule has 2 N–H and O–H groups in total. The second kappa shape index (κ2) is 6.24. The van der Waals surface area contributed by atoms with Crippen LogP contribution in [-0.2, 0) is 6.54 Å². The summed E-state index contributed by atoms with van der Waals surface area (Å²) in [6.07, 6.45) is 6.85. The van der Waals surface area contributed by atoms with E-state index in [1.807, 2.05) is 12.1 Å². The van der Waals surface area contributed by atoms with Gasteiger partial charge in [0.15, 0.2) is 0 Å². The molecule has 1 fully saturated rings. The Labute approximate surface area is 111 Å². The van der Waals surface area contributed by atoms with Crippen LogP contribution >= 0.6 is 0 Å². The van der Waals surface area contributed by atoms with Crippen molar-refractivity contribution in [1.29, 1.82) is 0 Å². The lowest BCUT2D eigenvalue weighted by atomic mass is 9.83. The number of rotatable bonds is 4. The van der Waals surface area contributed by atoms with E-state index in [0.29, 0.717) is 0 Å². The molecule has 0 aliphatic heterocycles. The molecule has 2 rings (SSSR count). The quantitative estimate of drug-likeness (QED) is 0.821. The lowest BCUT2D eigenvalue weighted by Gasteiger charge is -2.35. The number of benzene rings is 1. The van der Waals surface area contributed by atoms with Gasteiger partial charge in [0.1, 0.15) is 0 Å². The van der Waals surface area contributed by atoms with Gasteiger partial charge in [-0.15, -0.1) is 0 Å². The van der Waals surface area contributed by atoms with E-state index in [0.717, 1.165) is 24.2 Å². The van der Waals surface area contributed by atoms with Crippen LogP contribution in [0.2, 0.25) is 0 Å². The first-order chi connectivity index (χ1) is 8.70. The maximum Gasteiger partial charge on any atom is 0.0359 e.